The molecule has 0 N–H and O–H groups in total. The Morgan fingerprint density at radius 1 is 1.07 bits per heavy atom. The van der Waals surface area contributed by atoms with Crippen LogP contribution in [0.15, 0.2) is 30.6 Å². The molecule has 3 aromatic rings. The summed E-state index contributed by atoms with van der Waals surface area (Å²) in [4.78, 5) is 28.4. The molecular formula is C21H24N4O3S. The normalized spacial score (nSPS) is 14.3. The number of carbonyl (C=O) groups excluding carboxylic acids is 1. The van der Waals surface area contributed by atoms with E-state index in [1.54, 1.807) is 50.1 Å². The molecule has 1 fully saturated rings. The number of piperazine rings is 1. The molecule has 7 nitrogen and oxygen atoms in total. The number of anilines is 1. The van der Waals surface area contributed by atoms with Gasteiger partial charge in [-0.15, -0.1) is 11.3 Å². The van der Waals surface area contributed by atoms with Crippen molar-refractivity contribution in [3.05, 3.63) is 41.0 Å². The molecule has 0 spiro atoms. The number of thiophene rings is 1. The number of benzene rings is 1. The van der Waals surface area contributed by atoms with Gasteiger partial charge in [0, 0.05) is 36.6 Å². The fraction of sp³-hybridized carbons (Fsp3) is 0.381. The van der Waals surface area contributed by atoms with Crippen molar-refractivity contribution >= 4 is 33.3 Å². The summed E-state index contributed by atoms with van der Waals surface area (Å²) >= 11 is 1.72. The van der Waals surface area contributed by atoms with Gasteiger partial charge in [0.1, 0.15) is 17.0 Å². The molecule has 4 rings (SSSR count). The lowest BCUT2D eigenvalue weighted by Crippen LogP contribution is -2.49. The summed E-state index contributed by atoms with van der Waals surface area (Å²) in [5.41, 5.74) is 0.603. The topological polar surface area (TPSA) is 67.8 Å². The van der Waals surface area contributed by atoms with Crippen LogP contribution in [0.3, 0.4) is 0 Å². The van der Waals surface area contributed by atoms with Gasteiger partial charge in [-0.3, -0.25) is 4.79 Å². The SMILES string of the molecule is CCc1cc2c(N3CCN(C(=O)c4ccc(OC)c(OC)c4)CC3)ncnc2s1. The fourth-order valence-corrected chi connectivity index (χ4v) is 4.52. The van der Waals surface area contributed by atoms with Gasteiger partial charge in [0.15, 0.2) is 11.5 Å². The second-order valence-corrected chi connectivity index (χ2v) is 7.95. The van der Waals surface area contributed by atoms with Crippen LogP contribution in [0.2, 0.25) is 0 Å². The molecule has 1 amide bonds. The average Bonchev–Trinajstić information content (AvgIpc) is 3.22. The zero-order chi connectivity index (χ0) is 20.4. The van der Waals surface area contributed by atoms with Gasteiger partial charge in [0.05, 0.1) is 19.6 Å². The zero-order valence-electron chi connectivity index (χ0n) is 16.8. The Kier molecular flexibility index (Phi) is 5.53. The van der Waals surface area contributed by atoms with Crippen LogP contribution >= 0.6 is 11.3 Å². The molecule has 1 aromatic carbocycles. The standard InChI is InChI=1S/C21H24N4O3S/c1-4-15-12-16-19(22-13-23-20(16)29-15)24-7-9-25(10-8-24)21(26)14-5-6-17(27-2)18(11-14)28-3/h5-6,11-13H,4,7-10H2,1-3H3. The minimum atomic E-state index is 0.00207. The van der Waals surface area contributed by atoms with Gasteiger partial charge in [-0.2, -0.15) is 0 Å². The number of aromatic nitrogens is 2. The van der Waals surface area contributed by atoms with E-state index in [0.29, 0.717) is 30.2 Å². The van der Waals surface area contributed by atoms with Crippen molar-refractivity contribution in [3.8, 4) is 11.5 Å². The molecule has 0 radical (unpaired) electrons. The number of hydrogen-bond acceptors (Lipinski definition) is 7. The number of carbonyl (C=O) groups is 1. The lowest BCUT2D eigenvalue weighted by Gasteiger charge is -2.35. The van der Waals surface area contributed by atoms with Crippen LogP contribution in [0.25, 0.3) is 10.2 Å². The lowest BCUT2D eigenvalue weighted by molar-refractivity contribution is 0.0746. The van der Waals surface area contributed by atoms with Crippen LogP contribution in [0.1, 0.15) is 22.2 Å². The lowest BCUT2D eigenvalue weighted by atomic mass is 10.1. The highest BCUT2D eigenvalue weighted by molar-refractivity contribution is 7.18. The molecule has 0 atom stereocenters. The van der Waals surface area contributed by atoms with Crippen molar-refractivity contribution in [1.82, 2.24) is 14.9 Å². The van der Waals surface area contributed by atoms with E-state index in [-0.39, 0.29) is 5.91 Å². The molecule has 0 bridgehead atoms. The summed E-state index contributed by atoms with van der Waals surface area (Å²) in [6.07, 6.45) is 2.63. The Morgan fingerprint density at radius 2 is 1.83 bits per heavy atom. The van der Waals surface area contributed by atoms with Crippen molar-refractivity contribution < 1.29 is 14.3 Å². The summed E-state index contributed by atoms with van der Waals surface area (Å²) in [6.45, 7) is 4.91. The number of aryl methyl sites for hydroxylation is 1. The maximum absolute atomic E-state index is 13.0. The van der Waals surface area contributed by atoms with Gasteiger partial charge in [-0.25, -0.2) is 9.97 Å². The van der Waals surface area contributed by atoms with E-state index in [1.807, 2.05) is 4.90 Å². The second kappa shape index (κ2) is 8.24. The number of nitrogens with zero attached hydrogens (tertiary/aromatic N) is 4. The molecule has 1 saturated heterocycles. The van der Waals surface area contributed by atoms with E-state index in [9.17, 15) is 4.79 Å². The molecule has 29 heavy (non-hydrogen) atoms. The van der Waals surface area contributed by atoms with Crippen LogP contribution in [-0.4, -0.2) is 61.2 Å². The quantitative estimate of drug-likeness (QED) is 0.641. The van der Waals surface area contributed by atoms with Crippen molar-refractivity contribution in [2.75, 3.05) is 45.3 Å². The van der Waals surface area contributed by atoms with Crippen molar-refractivity contribution in [1.29, 1.82) is 0 Å². The first-order valence-electron chi connectivity index (χ1n) is 9.64. The number of hydrogen-bond donors (Lipinski definition) is 0. The number of methoxy groups -OCH3 is 2. The van der Waals surface area contributed by atoms with Gasteiger partial charge >= 0.3 is 0 Å². The third-order valence-corrected chi connectivity index (χ3v) is 6.39. The first kappa shape index (κ1) is 19.4. The van der Waals surface area contributed by atoms with Crippen molar-refractivity contribution in [2.45, 2.75) is 13.3 Å². The Morgan fingerprint density at radius 3 is 2.52 bits per heavy atom. The van der Waals surface area contributed by atoms with Gasteiger partial charge in [0.25, 0.3) is 5.91 Å². The average molecular weight is 413 g/mol. The third kappa shape index (κ3) is 3.72. The molecule has 0 saturated carbocycles. The molecule has 152 valence electrons. The molecule has 0 unspecified atom stereocenters. The van der Waals surface area contributed by atoms with E-state index >= 15 is 0 Å². The van der Waals surface area contributed by atoms with E-state index in [0.717, 1.165) is 35.5 Å². The minimum Gasteiger partial charge on any atom is -0.493 e. The van der Waals surface area contributed by atoms with Gasteiger partial charge in [-0.05, 0) is 30.7 Å². The van der Waals surface area contributed by atoms with Crippen molar-refractivity contribution in [3.63, 3.8) is 0 Å². The van der Waals surface area contributed by atoms with Gasteiger partial charge in [-0.1, -0.05) is 6.92 Å². The molecule has 2 aromatic heterocycles. The predicted molar refractivity (Wildman–Crippen MR) is 114 cm³/mol. The maximum Gasteiger partial charge on any atom is 0.254 e. The Hall–Kier alpha value is -2.87. The molecule has 1 aliphatic heterocycles. The van der Waals surface area contributed by atoms with Crippen LogP contribution in [0.4, 0.5) is 5.82 Å². The highest BCUT2D eigenvalue weighted by Gasteiger charge is 2.25. The highest BCUT2D eigenvalue weighted by Crippen LogP contribution is 2.31. The van der Waals surface area contributed by atoms with Gasteiger partial charge < -0.3 is 19.3 Å². The number of ether oxygens (including phenoxy) is 2. The Balaban J connectivity index is 1.48. The first-order valence-corrected chi connectivity index (χ1v) is 10.5. The fourth-order valence-electron chi connectivity index (χ4n) is 3.59. The summed E-state index contributed by atoms with van der Waals surface area (Å²) in [5.74, 6) is 2.14. The summed E-state index contributed by atoms with van der Waals surface area (Å²) in [7, 11) is 3.15. The largest absolute Gasteiger partial charge is 0.493 e. The molecular weight excluding hydrogens is 388 g/mol. The Bertz CT molecular complexity index is 1030. The Labute approximate surface area is 173 Å². The highest BCUT2D eigenvalue weighted by atomic mass is 32.1. The summed E-state index contributed by atoms with van der Waals surface area (Å²) < 4.78 is 10.6. The number of rotatable bonds is 5. The van der Waals surface area contributed by atoms with E-state index in [2.05, 4.69) is 27.9 Å². The monoisotopic (exact) mass is 412 g/mol. The second-order valence-electron chi connectivity index (χ2n) is 6.83. The maximum atomic E-state index is 13.0. The molecule has 3 heterocycles. The van der Waals surface area contributed by atoms with Crippen LogP contribution in [0, 0.1) is 0 Å². The molecule has 0 aliphatic carbocycles. The smallest absolute Gasteiger partial charge is 0.254 e. The van der Waals surface area contributed by atoms with Crippen LogP contribution < -0.4 is 14.4 Å². The zero-order valence-corrected chi connectivity index (χ0v) is 17.7. The van der Waals surface area contributed by atoms with E-state index in [4.69, 9.17) is 9.47 Å². The van der Waals surface area contributed by atoms with Crippen molar-refractivity contribution in [2.24, 2.45) is 0 Å². The number of fused-ring (bicyclic) bond motifs is 1. The first-order chi connectivity index (χ1) is 14.1. The summed E-state index contributed by atoms with van der Waals surface area (Å²) in [5, 5.41) is 1.11. The van der Waals surface area contributed by atoms with E-state index in [1.165, 1.54) is 4.88 Å². The number of amides is 1. The predicted octanol–water partition coefficient (Wildman–Crippen LogP) is 3.23. The van der Waals surface area contributed by atoms with Crippen LogP contribution in [0.5, 0.6) is 11.5 Å². The van der Waals surface area contributed by atoms with Gasteiger partial charge in [0.2, 0.25) is 0 Å². The van der Waals surface area contributed by atoms with Crippen LogP contribution in [-0.2, 0) is 6.42 Å². The minimum absolute atomic E-state index is 0.00207. The molecule has 8 heteroatoms. The van der Waals surface area contributed by atoms with E-state index < -0.39 is 0 Å². The molecule has 1 aliphatic rings. The summed E-state index contributed by atoms with van der Waals surface area (Å²) in [6, 6.07) is 7.47. The third-order valence-electron chi connectivity index (χ3n) is 5.20.